The first-order chi connectivity index (χ1) is 10.8. The number of unbranched alkanes of at least 4 members (excludes halogenated alkanes) is 14. The van der Waals surface area contributed by atoms with Gasteiger partial charge in [0.05, 0.1) is 0 Å². The van der Waals surface area contributed by atoms with Gasteiger partial charge in [0.15, 0.2) is 0 Å². The van der Waals surface area contributed by atoms with Crippen LogP contribution in [0.5, 0.6) is 0 Å². The zero-order chi connectivity index (χ0) is 16.7. The Kier molecular flexibility index (Phi) is 27.4. The zero-order valence-corrected chi connectivity index (χ0v) is 15.9. The first-order valence-electron chi connectivity index (χ1n) is 10.0. The molecule has 0 aliphatic carbocycles. The molecule has 0 nitrogen and oxygen atoms in total. The first kappa shape index (κ1) is 23.7. The predicted octanol–water partition coefficient (Wildman–Crippen LogP) is 8.63. The quantitative estimate of drug-likeness (QED) is 0.198. The average molecular weight is 309 g/mol. The highest BCUT2D eigenvalue weighted by Gasteiger charge is 1.91. The Balaban J connectivity index is 0. The second-order valence-electron chi connectivity index (χ2n) is 6.40. The third kappa shape index (κ3) is 27.8. The highest BCUT2D eigenvalue weighted by atomic mass is 14.0. The lowest BCUT2D eigenvalue weighted by atomic mass is 10.1. The normalized spacial score (nSPS) is 9.91. The monoisotopic (exact) mass is 308 g/mol. The van der Waals surface area contributed by atoms with Crippen molar-refractivity contribution < 1.29 is 0 Å². The van der Waals surface area contributed by atoms with Gasteiger partial charge in [0, 0.05) is 0 Å². The maximum atomic E-state index is 3.74. The average Bonchev–Trinajstić information content (AvgIpc) is 2.54. The summed E-state index contributed by atoms with van der Waals surface area (Å²) >= 11 is 0. The van der Waals surface area contributed by atoms with E-state index in [2.05, 4.69) is 27.0 Å². The Hall–Kier alpha value is -0.520. The minimum atomic E-state index is 1.19. The molecule has 0 aliphatic rings. The van der Waals surface area contributed by atoms with Crippen LogP contribution in [-0.4, -0.2) is 0 Å². The van der Waals surface area contributed by atoms with Crippen LogP contribution in [0, 0.1) is 0 Å². The van der Waals surface area contributed by atoms with Crippen molar-refractivity contribution in [3.05, 3.63) is 25.3 Å². The lowest BCUT2D eigenvalue weighted by Crippen LogP contribution is -1.81. The van der Waals surface area contributed by atoms with E-state index in [1.54, 1.807) is 0 Å². The highest BCUT2D eigenvalue weighted by Crippen LogP contribution is 2.11. The molecule has 0 unspecified atom stereocenters. The molecule has 0 heteroatoms. The molecule has 0 spiro atoms. The third-order valence-corrected chi connectivity index (χ3v) is 4.02. The lowest BCUT2D eigenvalue weighted by Gasteiger charge is -2.00. The molecule has 0 aromatic heterocycles. The van der Waals surface area contributed by atoms with Crippen molar-refractivity contribution >= 4 is 0 Å². The molecule has 0 atom stereocenters. The summed E-state index contributed by atoms with van der Waals surface area (Å²) in [6.45, 7) is 11.9. The largest absolute Gasteiger partial charge is 0.103 e. The molecule has 0 saturated heterocycles. The standard InChI is InChI=1S/C14H28.C8H16/c1-3-5-7-9-11-13-14-12-10-8-6-4-2;1-3-5-7-8-6-4-2/h3H,1,4-14H2,2H3;3H,1,4-8H2,2H3. The first-order valence-corrected chi connectivity index (χ1v) is 10.0. The molecule has 0 N–H and O–H groups in total. The molecule has 0 radical (unpaired) electrons. The number of allylic oxidation sites excluding steroid dienone is 2. The maximum Gasteiger partial charge on any atom is -0.0353 e. The van der Waals surface area contributed by atoms with E-state index in [9.17, 15) is 0 Å². The van der Waals surface area contributed by atoms with Crippen molar-refractivity contribution in [2.75, 3.05) is 0 Å². The molecule has 0 aromatic carbocycles. The van der Waals surface area contributed by atoms with Crippen molar-refractivity contribution in [1.82, 2.24) is 0 Å². The van der Waals surface area contributed by atoms with Gasteiger partial charge in [-0.15, -0.1) is 13.2 Å². The Morgan fingerprint density at radius 1 is 0.455 bits per heavy atom. The molecule has 0 aliphatic heterocycles. The van der Waals surface area contributed by atoms with Crippen LogP contribution < -0.4 is 0 Å². The summed E-state index contributed by atoms with van der Waals surface area (Å²) in [5.41, 5.74) is 0. The number of hydrogen-bond acceptors (Lipinski definition) is 0. The molecule has 0 heterocycles. The molecule has 0 saturated carbocycles. The van der Waals surface area contributed by atoms with Crippen LogP contribution in [0.2, 0.25) is 0 Å². The van der Waals surface area contributed by atoms with Crippen LogP contribution in [0.15, 0.2) is 25.3 Å². The molecular formula is C22H44. The summed E-state index contributed by atoms with van der Waals surface area (Å²) in [6.07, 6.45) is 26.1. The van der Waals surface area contributed by atoms with E-state index in [1.165, 1.54) is 103 Å². The fourth-order valence-electron chi connectivity index (χ4n) is 2.49. The molecule has 0 aromatic rings. The van der Waals surface area contributed by atoms with Gasteiger partial charge >= 0.3 is 0 Å². The van der Waals surface area contributed by atoms with Crippen LogP contribution in [0.25, 0.3) is 0 Å². The SMILES string of the molecule is C=CCCCCCC.C=CCCCCCCCCCCCC. The van der Waals surface area contributed by atoms with Crippen LogP contribution in [-0.2, 0) is 0 Å². The summed E-state index contributed by atoms with van der Waals surface area (Å²) in [7, 11) is 0. The molecule has 132 valence electrons. The van der Waals surface area contributed by atoms with Crippen LogP contribution in [0.4, 0.5) is 0 Å². The van der Waals surface area contributed by atoms with E-state index in [-0.39, 0.29) is 0 Å². The molecule has 0 bridgehead atoms. The van der Waals surface area contributed by atoms with Gasteiger partial charge in [-0.3, -0.25) is 0 Å². The second kappa shape index (κ2) is 25.4. The summed E-state index contributed by atoms with van der Waals surface area (Å²) in [5.74, 6) is 0. The van der Waals surface area contributed by atoms with E-state index in [1.807, 2.05) is 12.2 Å². The molecule has 22 heavy (non-hydrogen) atoms. The Morgan fingerprint density at radius 3 is 1.05 bits per heavy atom. The zero-order valence-electron chi connectivity index (χ0n) is 15.9. The molecule has 0 rings (SSSR count). The minimum Gasteiger partial charge on any atom is -0.103 e. The maximum absolute atomic E-state index is 3.74. The predicted molar refractivity (Wildman–Crippen MR) is 106 cm³/mol. The molecule has 0 amide bonds. The summed E-state index contributed by atoms with van der Waals surface area (Å²) in [4.78, 5) is 0. The second-order valence-corrected chi connectivity index (χ2v) is 6.40. The van der Waals surface area contributed by atoms with Crippen LogP contribution in [0.1, 0.15) is 117 Å². The fraction of sp³-hybridized carbons (Fsp3) is 0.818. The van der Waals surface area contributed by atoms with Crippen molar-refractivity contribution in [3.8, 4) is 0 Å². The van der Waals surface area contributed by atoms with Crippen molar-refractivity contribution in [1.29, 1.82) is 0 Å². The summed E-state index contributed by atoms with van der Waals surface area (Å²) in [5, 5.41) is 0. The number of hydrogen-bond donors (Lipinski definition) is 0. The van der Waals surface area contributed by atoms with Gasteiger partial charge in [0.1, 0.15) is 0 Å². The van der Waals surface area contributed by atoms with Crippen molar-refractivity contribution in [2.24, 2.45) is 0 Å². The van der Waals surface area contributed by atoms with Gasteiger partial charge in [0.25, 0.3) is 0 Å². The third-order valence-electron chi connectivity index (χ3n) is 4.02. The van der Waals surface area contributed by atoms with Gasteiger partial charge < -0.3 is 0 Å². The summed E-state index contributed by atoms with van der Waals surface area (Å²) in [6, 6.07) is 0. The van der Waals surface area contributed by atoms with Crippen LogP contribution >= 0.6 is 0 Å². The van der Waals surface area contributed by atoms with E-state index in [0.29, 0.717) is 0 Å². The molecular weight excluding hydrogens is 264 g/mol. The van der Waals surface area contributed by atoms with E-state index in [0.717, 1.165) is 0 Å². The van der Waals surface area contributed by atoms with Gasteiger partial charge in [-0.2, -0.15) is 0 Å². The lowest BCUT2D eigenvalue weighted by molar-refractivity contribution is 0.558. The fourth-order valence-corrected chi connectivity index (χ4v) is 2.49. The Labute approximate surface area is 142 Å². The Morgan fingerprint density at radius 2 is 0.727 bits per heavy atom. The van der Waals surface area contributed by atoms with Crippen molar-refractivity contribution in [3.63, 3.8) is 0 Å². The highest BCUT2D eigenvalue weighted by molar-refractivity contribution is 4.65. The number of rotatable bonds is 16. The van der Waals surface area contributed by atoms with Gasteiger partial charge in [-0.05, 0) is 25.7 Å². The van der Waals surface area contributed by atoms with Gasteiger partial charge in [-0.25, -0.2) is 0 Å². The van der Waals surface area contributed by atoms with Crippen LogP contribution in [0.3, 0.4) is 0 Å². The van der Waals surface area contributed by atoms with E-state index < -0.39 is 0 Å². The minimum absolute atomic E-state index is 1.19. The van der Waals surface area contributed by atoms with Gasteiger partial charge in [-0.1, -0.05) is 103 Å². The van der Waals surface area contributed by atoms with E-state index in [4.69, 9.17) is 0 Å². The van der Waals surface area contributed by atoms with Gasteiger partial charge in [0.2, 0.25) is 0 Å². The molecule has 0 fully saturated rings. The Bertz CT molecular complexity index is 192. The topological polar surface area (TPSA) is 0 Å². The van der Waals surface area contributed by atoms with Crippen molar-refractivity contribution in [2.45, 2.75) is 117 Å². The summed E-state index contributed by atoms with van der Waals surface area (Å²) < 4.78 is 0. The smallest absolute Gasteiger partial charge is 0.0353 e. The van der Waals surface area contributed by atoms with E-state index >= 15 is 0 Å².